The molecule has 1 rings (SSSR count). The average molecular weight is 242 g/mol. The summed E-state index contributed by atoms with van der Waals surface area (Å²) in [5, 5.41) is 11.6. The standard InChI is InChI=1S/C12H22N2O3/c1-3-9(6-11(15)16)7-13-12(17)10-4-5-14(2)8-10/h9-10H,3-8H2,1-2H3,(H,13,17)(H,15,16). The van der Waals surface area contributed by atoms with Gasteiger partial charge in [0.25, 0.3) is 0 Å². The van der Waals surface area contributed by atoms with Gasteiger partial charge >= 0.3 is 5.97 Å². The number of aliphatic carboxylic acids is 1. The summed E-state index contributed by atoms with van der Waals surface area (Å²) in [4.78, 5) is 24.5. The van der Waals surface area contributed by atoms with Crippen molar-refractivity contribution >= 4 is 11.9 Å². The van der Waals surface area contributed by atoms with Crippen molar-refractivity contribution in [2.45, 2.75) is 26.2 Å². The van der Waals surface area contributed by atoms with E-state index in [1.807, 2.05) is 14.0 Å². The number of rotatable bonds is 6. The highest BCUT2D eigenvalue weighted by atomic mass is 16.4. The van der Waals surface area contributed by atoms with E-state index in [0.29, 0.717) is 6.54 Å². The Hall–Kier alpha value is -1.10. The summed E-state index contributed by atoms with van der Waals surface area (Å²) in [6.45, 7) is 4.19. The molecular formula is C12H22N2O3. The zero-order chi connectivity index (χ0) is 12.8. The summed E-state index contributed by atoms with van der Waals surface area (Å²) in [5.41, 5.74) is 0. The van der Waals surface area contributed by atoms with E-state index in [1.54, 1.807) is 0 Å². The van der Waals surface area contributed by atoms with Crippen molar-refractivity contribution in [3.05, 3.63) is 0 Å². The Kier molecular flexibility index (Phi) is 5.41. The Morgan fingerprint density at radius 1 is 1.53 bits per heavy atom. The van der Waals surface area contributed by atoms with E-state index in [9.17, 15) is 9.59 Å². The maximum atomic E-state index is 11.8. The Labute approximate surface area is 102 Å². The van der Waals surface area contributed by atoms with Gasteiger partial charge in [-0.2, -0.15) is 0 Å². The van der Waals surface area contributed by atoms with E-state index in [1.165, 1.54) is 0 Å². The molecule has 0 aromatic rings. The highest BCUT2D eigenvalue weighted by Gasteiger charge is 2.26. The molecule has 2 unspecified atom stereocenters. The van der Waals surface area contributed by atoms with Crippen LogP contribution in [0.5, 0.6) is 0 Å². The topological polar surface area (TPSA) is 69.6 Å². The van der Waals surface area contributed by atoms with Crippen molar-refractivity contribution in [1.82, 2.24) is 10.2 Å². The maximum absolute atomic E-state index is 11.8. The van der Waals surface area contributed by atoms with Crippen molar-refractivity contribution < 1.29 is 14.7 Å². The van der Waals surface area contributed by atoms with Crippen LogP contribution in [-0.4, -0.2) is 48.6 Å². The Balaban J connectivity index is 2.28. The molecule has 5 heteroatoms. The molecule has 5 nitrogen and oxygen atoms in total. The van der Waals surface area contributed by atoms with Crippen LogP contribution in [0.4, 0.5) is 0 Å². The molecular weight excluding hydrogens is 220 g/mol. The highest BCUT2D eigenvalue weighted by molar-refractivity contribution is 5.79. The maximum Gasteiger partial charge on any atom is 0.303 e. The SMILES string of the molecule is CCC(CNC(=O)C1CCN(C)C1)CC(=O)O. The minimum atomic E-state index is -0.799. The number of nitrogens with zero attached hydrogens (tertiary/aromatic N) is 1. The van der Waals surface area contributed by atoms with Crippen molar-refractivity contribution in [3.8, 4) is 0 Å². The van der Waals surface area contributed by atoms with Gasteiger partial charge in [-0.15, -0.1) is 0 Å². The summed E-state index contributed by atoms with van der Waals surface area (Å²) in [6.07, 6.45) is 1.80. The van der Waals surface area contributed by atoms with Crippen molar-refractivity contribution in [1.29, 1.82) is 0 Å². The number of hydrogen-bond acceptors (Lipinski definition) is 3. The molecule has 0 spiro atoms. The molecule has 0 bridgehead atoms. The molecule has 1 aliphatic rings. The van der Waals surface area contributed by atoms with Gasteiger partial charge in [0.1, 0.15) is 0 Å². The lowest BCUT2D eigenvalue weighted by molar-refractivity contribution is -0.138. The quantitative estimate of drug-likeness (QED) is 0.714. The van der Waals surface area contributed by atoms with Gasteiger partial charge in [-0.3, -0.25) is 9.59 Å². The highest BCUT2D eigenvalue weighted by Crippen LogP contribution is 2.14. The molecule has 1 aliphatic heterocycles. The largest absolute Gasteiger partial charge is 0.481 e. The van der Waals surface area contributed by atoms with E-state index in [4.69, 9.17) is 5.11 Å². The first kappa shape index (κ1) is 14.0. The molecule has 1 saturated heterocycles. The van der Waals surface area contributed by atoms with Crippen molar-refractivity contribution in [2.24, 2.45) is 11.8 Å². The first-order valence-electron chi connectivity index (χ1n) is 6.21. The molecule has 0 radical (unpaired) electrons. The number of nitrogens with one attached hydrogen (secondary N) is 1. The van der Waals surface area contributed by atoms with E-state index >= 15 is 0 Å². The average Bonchev–Trinajstić information content (AvgIpc) is 2.70. The molecule has 1 amide bonds. The van der Waals surface area contributed by atoms with Gasteiger partial charge in [-0.05, 0) is 25.9 Å². The number of carboxylic acid groups (broad SMARTS) is 1. The zero-order valence-corrected chi connectivity index (χ0v) is 10.6. The lowest BCUT2D eigenvalue weighted by Crippen LogP contribution is -2.35. The normalized spacial score (nSPS) is 22.4. The lowest BCUT2D eigenvalue weighted by atomic mass is 10.0. The van der Waals surface area contributed by atoms with Gasteiger partial charge in [0.2, 0.25) is 5.91 Å². The smallest absolute Gasteiger partial charge is 0.303 e. The van der Waals surface area contributed by atoms with Gasteiger partial charge in [0, 0.05) is 19.5 Å². The first-order valence-corrected chi connectivity index (χ1v) is 6.21. The third kappa shape index (κ3) is 4.73. The number of hydrogen-bond donors (Lipinski definition) is 2. The van der Waals surface area contributed by atoms with Crippen LogP contribution >= 0.6 is 0 Å². The molecule has 1 heterocycles. The fourth-order valence-electron chi connectivity index (χ4n) is 2.15. The number of amides is 1. The van der Waals surface area contributed by atoms with Crippen LogP contribution in [0, 0.1) is 11.8 Å². The number of carbonyl (C=O) groups is 2. The fourth-order valence-corrected chi connectivity index (χ4v) is 2.15. The van der Waals surface area contributed by atoms with Crippen LogP contribution in [0.3, 0.4) is 0 Å². The first-order chi connectivity index (χ1) is 8.02. The fraction of sp³-hybridized carbons (Fsp3) is 0.833. The summed E-state index contributed by atoms with van der Waals surface area (Å²) in [7, 11) is 2.01. The zero-order valence-electron chi connectivity index (χ0n) is 10.6. The summed E-state index contributed by atoms with van der Waals surface area (Å²) in [5.74, 6) is -0.622. The van der Waals surface area contributed by atoms with E-state index in [0.717, 1.165) is 25.9 Å². The van der Waals surface area contributed by atoms with Crippen LogP contribution in [0.25, 0.3) is 0 Å². The lowest BCUT2D eigenvalue weighted by Gasteiger charge is -2.16. The van der Waals surface area contributed by atoms with Gasteiger partial charge in [-0.1, -0.05) is 13.3 Å². The summed E-state index contributed by atoms with van der Waals surface area (Å²) < 4.78 is 0. The van der Waals surface area contributed by atoms with Gasteiger partial charge in [0.15, 0.2) is 0 Å². The molecule has 0 aromatic carbocycles. The second-order valence-electron chi connectivity index (χ2n) is 4.87. The van der Waals surface area contributed by atoms with Crippen LogP contribution in [0.2, 0.25) is 0 Å². The summed E-state index contributed by atoms with van der Waals surface area (Å²) >= 11 is 0. The van der Waals surface area contributed by atoms with Crippen LogP contribution in [-0.2, 0) is 9.59 Å². The predicted molar refractivity (Wildman–Crippen MR) is 64.6 cm³/mol. The molecule has 2 N–H and O–H groups in total. The van der Waals surface area contributed by atoms with Gasteiger partial charge < -0.3 is 15.3 Å². The van der Waals surface area contributed by atoms with Gasteiger partial charge in [0.05, 0.1) is 5.92 Å². The third-order valence-electron chi connectivity index (χ3n) is 3.37. The Morgan fingerprint density at radius 2 is 2.24 bits per heavy atom. The minimum Gasteiger partial charge on any atom is -0.481 e. The predicted octanol–water partition coefficient (Wildman–Crippen LogP) is 0.555. The Morgan fingerprint density at radius 3 is 2.71 bits per heavy atom. The number of carbonyl (C=O) groups excluding carboxylic acids is 1. The van der Waals surface area contributed by atoms with Crippen LogP contribution in [0.1, 0.15) is 26.2 Å². The second kappa shape index (κ2) is 6.59. The molecule has 0 aromatic heterocycles. The number of carboxylic acids is 1. The van der Waals surface area contributed by atoms with E-state index in [-0.39, 0.29) is 24.2 Å². The molecule has 0 aliphatic carbocycles. The minimum absolute atomic E-state index is 0.0376. The monoisotopic (exact) mass is 242 g/mol. The van der Waals surface area contributed by atoms with Gasteiger partial charge in [-0.25, -0.2) is 0 Å². The molecule has 98 valence electrons. The van der Waals surface area contributed by atoms with E-state index < -0.39 is 5.97 Å². The number of likely N-dealkylation sites (tertiary alicyclic amines) is 1. The molecule has 0 saturated carbocycles. The summed E-state index contributed by atoms with van der Waals surface area (Å²) in [6, 6.07) is 0. The molecule has 2 atom stereocenters. The van der Waals surface area contributed by atoms with E-state index in [2.05, 4.69) is 10.2 Å². The van der Waals surface area contributed by atoms with Crippen molar-refractivity contribution in [3.63, 3.8) is 0 Å². The molecule has 17 heavy (non-hydrogen) atoms. The second-order valence-corrected chi connectivity index (χ2v) is 4.87. The van der Waals surface area contributed by atoms with Crippen LogP contribution < -0.4 is 5.32 Å². The van der Waals surface area contributed by atoms with Crippen LogP contribution in [0.15, 0.2) is 0 Å². The third-order valence-corrected chi connectivity index (χ3v) is 3.37. The van der Waals surface area contributed by atoms with Crippen molar-refractivity contribution in [2.75, 3.05) is 26.7 Å². The Bertz CT molecular complexity index is 281. The molecule has 1 fully saturated rings.